The normalized spacial score (nSPS) is 18.8. The molecule has 0 N–H and O–H groups in total. The molecule has 0 atom stereocenters. The third-order valence-electron chi connectivity index (χ3n) is 1.66. The molecule has 1 aliphatic rings. The zero-order valence-electron chi connectivity index (χ0n) is 6.01. The van der Waals surface area contributed by atoms with Gasteiger partial charge in [-0.3, -0.25) is 0 Å². The lowest BCUT2D eigenvalue weighted by atomic mass is 9.99. The molecule has 0 saturated heterocycles. The lowest BCUT2D eigenvalue weighted by Gasteiger charge is -2.07. The van der Waals surface area contributed by atoms with Crippen molar-refractivity contribution < 1.29 is 0 Å². The first-order valence-corrected chi connectivity index (χ1v) is 3.77. The summed E-state index contributed by atoms with van der Waals surface area (Å²) in [7, 11) is 0. The van der Waals surface area contributed by atoms with Gasteiger partial charge in [-0.1, -0.05) is 37.6 Å². The molecule has 0 unspecified atom stereocenters. The number of rotatable bonds is 2. The smallest absolute Gasteiger partial charge is 0.00534 e. The minimum absolute atomic E-state index is 0.740. The predicted molar refractivity (Wildman–Crippen MR) is 41.3 cm³/mol. The largest absolute Gasteiger partial charge is 0.0842 e. The molecule has 0 aliphatic heterocycles. The zero-order valence-corrected chi connectivity index (χ0v) is 6.01. The van der Waals surface area contributed by atoms with Gasteiger partial charge in [0.15, 0.2) is 0 Å². The van der Waals surface area contributed by atoms with Crippen molar-refractivity contribution in [2.24, 2.45) is 5.92 Å². The Kier molecular flexibility index (Phi) is 2.56. The van der Waals surface area contributed by atoms with Gasteiger partial charge in [0, 0.05) is 0 Å². The molecule has 0 aromatic heterocycles. The third-order valence-corrected chi connectivity index (χ3v) is 1.66. The molecule has 0 heterocycles. The van der Waals surface area contributed by atoms with E-state index in [0.29, 0.717) is 0 Å². The van der Waals surface area contributed by atoms with E-state index in [0.717, 1.165) is 12.3 Å². The van der Waals surface area contributed by atoms with Crippen LogP contribution in [0.2, 0.25) is 0 Å². The molecule has 0 aromatic carbocycles. The Hall–Kier alpha value is -0.520. The molecule has 0 fully saturated rings. The van der Waals surface area contributed by atoms with Crippen LogP contribution in [-0.4, -0.2) is 0 Å². The highest BCUT2D eigenvalue weighted by molar-refractivity contribution is 5.08. The van der Waals surface area contributed by atoms with Crippen molar-refractivity contribution in [2.75, 3.05) is 0 Å². The molecule has 0 spiro atoms. The number of allylic oxidation sites excluding steroid dienone is 4. The molecular weight excluding hydrogens is 108 g/mol. The van der Waals surface area contributed by atoms with Gasteiger partial charge in [0.25, 0.3) is 0 Å². The molecule has 0 amide bonds. The van der Waals surface area contributed by atoms with Crippen LogP contribution < -0.4 is 0 Å². The maximum absolute atomic E-state index is 2.31. The Bertz CT molecular complexity index is 108. The Morgan fingerprint density at radius 3 is 2.56 bits per heavy atom. The Morgan fingerprint density at radius 1 is 1.33 bits per heavy atom. The van der Waals surface area contributed by atoms with E-state index in [9.17, 15) is 0 Å². The summed E-state index contributed by atoms with van der Waals surface area (Å²) in [4.78, 5) is 0. The molecule has 1 rings (SSSR count). The van der Waals surface area contributed by atoms with Crippen LogP contribution in [-0.2, 0) is 0 Å². The molecule has 0 nitrogen and oxygen atoms in total. The van der Waals surface area contributed by atoms with Crippen molar-refractivity contribution in [3.63, 3.8) is 0 Å². The van der Waals surface area contributed by atoms with Crippen molar-refractivity contribution in [1.82, 2.24) is 0 Å². The second-order valence-corrected chi connectivity index (χ2v) is 2.54. The average Bonchev–Trinajstić information content (AvgIpc) is 1.91. The highest BCUT2D eigenvalue weighted by atomic mass is 14.0. The standard InChI is InChI=1S/C9H14/c1-2-6-9-7-4-3-5-8-9/h4-5,7-9H,2-3,6H2,1H3. The third kappa shape index (κ3) is 2.05. The summed E-state index contributed by atoms with van der Waals surface area (Å²) in [5, 5.41) is 0. The van der Waals surface area contributed by atoms with Gasteiger partial charge in [-0.05, 0) is 18.8 Å². The SMILES string of the molecule is CCCC1C=CCC=C1. The maximum Gasteiger partial charge on any atom is -0.00534 e. The fraction of sp³-hybridized carbons (Fsp3) is 0.556. The first kappa shape index (κ1) is 6.60. The van der Waals surface area contributed by atoms with Crippen molar-refractivity contribution in [3.8, 4) is 0 Å². The summed E-state index contributed by atoms with van der Waals surface area (Å²) in [5.41, 5.74) is 0. The van der Waals surface area contributed by atoms with Crippen LogP contribution >= 0.6 is 0 Å². The van der Waals surface area contributed by atoms with Crippen molar-refractivity contribution >= 4 is 0 Å². The molecule has 0 saturated carbocycles. The fourth-order valence-corrected chi connectivity index (χ4v) is 1.18. The van der Waals surface area contributed by atoms with Crippen LogP contribution in [0.4, 0.5) is 0 Å². The predicted octanol–water partition coefficient (Wildman–Crippen LogP) is 2.92. The minimum atomic E-state index is 0.740. The first-order chi connectivity index (χ1) is 4.43. The first-order valence-electron chi connectivity index (χ1n) is 3.77. The van der Waals surface area contributed by atoms with Gasteiger partial charge in [-0.2, -0.15) is 0 Å². The van der Waals surface area contributed by atoms with Gasteiger partial charge in [-0.15, -0.1) is 0 Å². The van der Waals surface area contributed by atoms with E-state index in [2.05, 4.69) is 31.2 Å². The van der Waals surface area contributed by atoms with E-state index in [4.69, 9.17) is 0 Å². The molecule has 0 bridgehead atoms. The summed E-state index contributed by atoms with van der Waals surface area (Å²) in [6, 6.07) is 0. The molecule has 0 radical (unpaired) electrons. The highest BCUT2D eigenvalue weighted by Gasteiger charge is 1.98. The highest BCUT2D eigenvalue weighted by Crippen LogP contribution is 2.14. The Morgan fingerprint density at radius 2 is 2.00 bits per heavy atom. The van der Waals surface area contributed by atoms with Crippen molar-refractivity contribution in [3.05, 3.63) is 24.3 Å². The molecule has 1 aliphatic carbocycles. The summed E-state index contributed by atoms with van der Waals surface area (Å²) < 4.78 is 0. The van der Waals surface area contributed by atoms with Crippen LogP contribution in [0.25, 0.3) is 0 Å². The van der Waals surface area contributed by atoms with E-state index in [1.54, 1.807) is 0 Å². The Labute approximate surface area is 57.3 Å². The molecule has 50 valence electrons. The van der Waals surface area contributed by atoms with Crippen LogP contribution in [0, 0.1) is 5.92 Å². The second-order valence-electron chi connectivity index (χ2n) is 2.54. The molecular formula is C9H14. The molecule has 9 heavy (non-hydrogen) atoms. The molecule has 0 aromatic rings. The van der Waals surface area contributed by atoms with Gasteiger partial charge in [0.05, 0.1) is 0 Å². The summed E-state index contributed by atoms with van der Waals surface area (Å²) in [6.45, 7) is 2.23. The number of hydrogen-bond acceptors (Lipinski definition) is 0. The van der Waals surface area contributed by atoms with Crippen LogP contribution in [0.15, 0.2) is 24.3 Å². The summed E-state index contributed by atoms with van der Waals surface area (Å²) in [5.74, 6) is 0.740. The minimum Gasteiger partial charge on any atom is -0.0842 e. The van der Waals surface area contributed by atoms with Gasteiger partial charge < -0.3 is 0 Å². The van der Waals surface area contributed by atoms with Crippen LogP contribution in [0.3, 0.4) is 0 Å². The molecule has 0 heteroatoms. The van der Waals surface area contributed by atoms with E-state index in [1.165, 1.54) is 12.8 Å². The van der Waals surface area contributed by atoms with E-state index in [-0.39, 0.29) is 0 Å². The second kappa shape index (κ2) is 3.49. The average molecular weight is 122 g/mol. The van der Waals surface area contributed by atoms with E-state index in [1.807, 2.05) is 0 Å². The van der Waals surface area contributed by atoms with Gasteiger partial charge in [0.1, 0.15) is 0 Å². The van der Waals surface area contributed by atoms with Gasteiger partial charge in [-0.25, -0.2) is 0 Å². The lowest BCUT2D eigenvalue weighted by molar-refractivity contribution is 0.682. The fourth-order valence-electron chi connectivity index (χ4n) is 1.18. The van der Waals surface area contributed by atoms with Crippen molar-refractivity contribution in [2.45, 2.75) is 26.2 Å². The number of hydrogen-bond donors (Lipinski definition) is 0. The van der Waals surface area contributed by atoms with Crippen LogP contribution in [0.5, 0.6) is 0 Å². The summed E-state index contributed by atoms with van der Waals surface area (Å²) >= 11 is 0. The quantitative estimate of drug-likeness (QED) is 0.494. The van der Waals surface area contributed by atoms with E-state index < -0.39 is 0 Å². The maximum atomic E-state index is 2.31. The monoisotopic (exact) mass is 122 g/mol. The van der Waals surface area contributed by atoms with Crippen molar-refractivity contribution in [1.29, 1.82) is 0 Å². The van der Waals surface area contributed by atoms with Gasteiger partial charge in [0.2, 0.25) is 0 Å². The topological polar surface area (TPSA) is 0 Å². The van der Waals surface area contributed by atoms with Gasteiger partial charge >= 0.3 is 0 Å². The van der Waals surface area contributed by atoms with Crippen LogP contribution in [0.1, 0.15) is 26.2 Å². The Balaban J connectivity index is 2.31. The lowest BCUT2D eigenvalue weighted by Crippen LogP contribution is -1.92. The van der Waals surface area contributed by atoms with E-state index >= 15 is 0 Å². The zero-order chi connectivity index (χ0) is 6.53. The summed E-state index contributed by atoms with van der Waals surface area (Å²) in [6.07, 6.45) is 12.9.